The molecule has 0 aliphatic carbocycles. The molecule has 1 heterocycles. The first-order valence-electron chi connectivity index (χ1n) is 7.33. The van der Waals surface area contributed by atoms with Crippen LogP contribution in [0.1, 0.15) is 31.1 Å². The lowest BCUT2D eigenvalue weighted by Crippen LogP contribution is -2.17. The number of aromatic hydroxyl groups is 1. The molecule has 0 bridgehead atoms. The highest BCUT2D eigenvalue weighted by Gasteiger charge is 2.11. The zero-order valence-electron chi connectivity index (χ0n) is 13.5. The third-order valence-corrected chi connectivity index (χ3v) is 3.20. The molecule has 6 nitrogen and oxygen atoms in total. The van der Waals surface area contributed by atoms with Crippen molar-refractivity contribution in [3.63, 3.8) is 0 Å². The van der Waals surface area contributed by atoms with Crippen molar-refractivity contribution >= 4 is 0 Å². The monoisotopic (exact) mass is 305 g/mol. The summed E-state index contributed by atoms with van der Waals surface area (Å²) in [5.41, 5.74) is 1.04. The van der Waals surface area contributed by atoms with Gasteiger partial charge in [-0.15, -0.1) is 0 Å². The minimum atomic E-state index is 0.143. The normalized spacial score (nSPS) is 11.4. The molecule has 22 heavy (non-hydrogen) atoms. The molecule has 0 aliphatic heterocycles. The maximum atomic E-state index is 9.61. The van der Waals surface area contributed by atoms with E-state index >= 15 is 0 Å². The van der Waals surface area contributed by atoms with Crippen molar-refractivity contribution in [1.29, 1.82) is 0 Å². The summed E-state index contributed by atoms with van der Waals surface area (Å²) in [6, 6.07) is 5.33. The van der Waals surface area contributed by atoms with Gasteiger partial charge >= 0.3 is 0 Å². The van der Waals surface area contributed by atoms with Crippen LogP contribution >= 0.6 is 0 Å². The van der Waals surface area contributed by atoms with Crippen LogP contribution in [0.15, 0.2) is 22.7 Å². The Labute approximate surface area is 130 Å². The van der Waals surface area contributed by atoms with Crippen LogP contribution in [0.3, 0.4) is 0 Å². The van der Waals surface area contributed by atoms with Gasteiger partial charge in [0.2, 0.25) is 5.89 Å². The average Bonchev–Trinajstić information content (AvgIpc) is 2.87. The first kappa shape index (κ1) is 16.3. The van der Waals surface area contributed by atoms with Gasteiger partial charge in [-0.25, -0.2) is 0 Å². The molecule has 1 N–H and O–H groups in total. The average molecular weight is 305 g/mol. The molecule has 1 aromatic heterocycles. The van der Waals surface area contributed by atoms with Gasteiger partial charge < -0.3 is 14.4 Å². The SMILES string of the molecule is COc1cc(CN(C)Cc2nc(CC(C)C)no2)ccc1O. The van der Waals surface area contributed by atoms with Crippen molar-refractivity contribution in [3.05, 3.63) is 35.5 Å². The van der Waals surface area contributed by atoms with Crippen LogP contribution in [0.4, 0.5) is 0 Å². The Morgan fingerprint density at radius 3 is 2.77 bits per heavy atom. The molecule has 0 atom stereocenters. The first-order valence-corrected chi connectivity index (χ1v) is 7.33. The van der Waals surface area contributed by atoms with E-state index in [-0.39, 0.29) is 5.75 Å². The first-order chi connectivity index (χ1) is 10.5. The van der Waals surface area contributed by atoms with E-state index in [1.54, 1.807) is 6.07 Å². The van der Waals surface area contributed by atoms with Crippen molar-refractivity contribution in [3.8, 4) is 11.5 Å². The van der Waals surface area contributed by atoms with Gasteiger partial charge in [0, 0.05) is 13.0 Å². The number of nitrogens with zero attached hydrogens (tertiary/aromatic N) is 3. The molecule has 0 unspecified atom stereocenters. The number of aromatic nitrogens is 2. The molecule has 0 aliphatic rings. The highest BCUT2D eigenvalue weighted by Crippen LogP contribution is 2.26. The van der Waals surface area contributed by atoms with E-state index in [0.717, 1.165) is 17.8 Å². The third-order valence-electron chi connectivity index (χ3n) is 3.20. The summed E-state index contributed by atoms with van der Waals surface area (Å²) in [5.74, 6) is 2.49. The highest BCUT2D eigenvalue weighted by atomic mass is 16.5. The summed E-state index contributed by atoms with van der Waals surface area (Å²) in [5, 5.41) is 13.6. The van der Waals surface area contributed by atoms with E-state index in [0.29, 0.717) is 30.6 Å². The van der Waals surface area contributed by atoms with E-state index in [1.807, 2.05) is 19.2 Å². The molecular formula is C16H23N3O3. The number of ether oxygens (including phenoxy) is 1. The van der Waals surface area contributed by atoms with Crippen molar-refractivity contribution < 1.29 is 14.4 Å². The van der Waals surface area contributed by atoms with Gasteiger partial charge in [0.1, 0.15) is 0 Å². The fourth-order valence-corrected chi connectivity index (χ4v) is 2.22. The van der Waals surface area contributed by atoms with Crippen molar-refractivity contribution in [1.82, 2.24) is 15.0 Å². The number of hydrogen-bond donors (Lipinski definition) is 1. The zero-order chi connectivity index (χ0) is 16.1. The van der Waals surface area contributed by atoms with Crippen molar-refractivity contribution in [2.75, 3.05) is 14.2 Å². The third kappa shape index (κ3) is 4.46. The number of rotatable bonds is 7. The number of hydrogen-bond acceptors (Lipinski definition) is 6. The van der Waals surface area contributed by atoms with E-state index in [2.05, 4.69) is 28.9 Å². The number of methoxy groups -OCH3 is 1. The Kier molecular flexibility index (Phi) is 5.38. The molecule has 0 saturated heterocycles. The van der Waals surface area contributed by atoms with Gasteiger partial charge in [0.25, 0.3) is 0 Å². The summed E-state index contributed by atoms with van der Waals surface area (Å²) in [6.07, 6.45) is 0.822. The molecule has 2 rings (SSSR count). The fraction of sp³-hybridized carbons (Fsp3) is 0.500. The minimum Gasteiger partial charge on any atom is -0.504 e. The lowest BCUT2D eigenvalue weighted by atomic mass is 10.1. The number of phenols is 1. The van der Waals surface area contributed by atoms with Gasteiger partial charge in [-0.2, -0.15) is 4.98 Å². The Morgan fingerprint density at radius 1 is 1.32 bits per heavy atom. The van der Waals surface area contributed by atoms with Crippen molar-refractivity contribution in [2.45, 2.75) is 33.4 Å². The van der Waals surface area contributed by atoms with Gasteiger partial charge in [-0.1, -0.05) is 25.1 Å². The molecule has 0 fully saturated rings. The van der Waals surface area contributed by atoms with Crippen LogP contribution in [0.5, 0.6) is 11.5 Å². The second-order valence-corrected chi connectivity index (χ2v) is 5.88. The van der Waals surface area contributed by atoms with Crippen LogP contribution in [0.25, 0.3) is 0 Å². The van der Waals surface area contributed by atoms with Crippen LogP contribution < -0.4 is 4.74 Å². The molecule has 120 valence electrons. The Hall–Kier alpha value is -2.08. The largest absolute Gasteiger partial charge is 0.504 e. The molecule has 2 aromatic rings. The van der Waals surface area contributed by atoms with Crippen LogP contribution in [0, 0.1) is 5.92 Å². The second kappa shape index (κ2) is 7.26. The van der Waals surface area contributed by atoms with E-state index in [1.165, 1.54) is 7.11 Å². The molecular weight excluding hydrogens is 282 g/mol. The molecule has 0 radical (unpaired) electrons. The quantitative estimate of drug-likeness (QED) is 0.848. The van der Waals surface area contributed by atoms with Crippen molar-refractivity contribution in [2.24, 2.45) is 5.92 Å². The Bertz CT molecular complexity index is 610. The lowest BCUT2D eigenvalue weighted by molar-refractivity contribution is 0.259. The minimum absolute atomic E-state index is 0.143. The van der Waals surface area contributed by atoms with Crippen LogP contribution in [0.2, 0.25) is 0 Å². The summed E-state index contributed by atoms with van der Waals surface area (Å²) in [6.45, 7) is 5.52. The molecule has 1 aromatic carbocycles. The van der Waals surface area contributed by atoms with Gasteiger partial charge in [0.15, 0.2) is 17.3 Å². The fourth-order valence-electron chi connectivity index (χ4n) is 2.22. The van der Waals surface area contributed by atoms with E-state index < -0.39 is 0 Å². The smallest absolute Gasteiger partial charge is 0.240 e. The number of phenolic OH excluding ortho intramolecular Hbond substituents is 1. The standard InChI is InChI=1S/C16H23N3O3/c1-11(2)7-15-17-16(22-18-15)10-19(3)9-12-5-6-13(20)14(8-12)21-4/h5-6,8,11,20H,7,9-10H2,1-4H3. The Balaban J connectivity index is 1.95. The van der Waals surface area contributed by atoms with Crippen LogP contribution in [-0.2, 0) is 19.5 Å². The number of benzene rings is 1. The molecule has 6 heteroatoms. The molecule has 0 saturated carbocycles. The lowest BCUT2D eigenvalue weighted by Gasteiger charge is -2.15. The van der Waals surface area contributed by atoms with E-state index in [9.17, 15) is 5.11 Å². The van der Waals surface area contributed by atoms with E-state index in [4.69, 9.17) is 9.26 Å². The predicted molar refractivity (Wildman–Crippen MR) is 82.7 cm³/mol. The summed E-state index contributed by atoms with van der Waals surface area (Å²) >= 11 is 0. The predicted octanol–water partition coefficient (Wildman–Crippen LogP) is 2.61. The summed E-state index contributed by atoms with van der Waals surface area (Å²) in [7, 11) is 3.52. The second-order valence-electron chi connectivity index (χ2n) is 5.88. The Morgan fingerprint density at radius 2 is 2.09 bits per heavy atom. The highest BCUT2D eigenvalue weighted by molar-refractivity contribution is 5.41. The summed E-state index contributed by atoms with van der Waals surface area (Å²) < 4.78 is 10.4. The zero-order valence-corrected chi connectivity index (χ0v) is 13.5. The van der Waals surface area contributed by atoms with Gasteiger partial charge in [-0.05, 0) is 30.7 Å². The van der Waals surface area contributed by atoms with Gasteiger partial charge in [-0.3, -0.25) is 4.90 Å². The molecule has 0 spiro atoms. The topological polar surface area (TPSA) is 71.6 Å². The summed E-state index contributed by atoms with van der Waals surface area (Å²) in [4.78, 5) is 6.46. The molecule has 0 amide bonds. The van der Waals surface area contributed by atoms with Crippen LogP contribution in [-0.4, -0.2) is 34.3 Å². The van der Waals surface area contributed by atoms with Gasteiger partial charge in [0.05, 0.1) is 13.7 Å². The maximum absolute atomic E-state index is 9.61. The maximum Gasteiger partial charge on any atom is 0.240 e.